The standard InChI is InChI=1S/C7H6BFO4/c9-13-8(12)6-4-2-1-3-5(6)7(10)11/h1-4,12H,(H,10,11). The maximum Gasteiger partial charge on any atom is 0.530 e. The van der Waals surface area contributed by atoms with E-state index in [1.807, 2.05) is 0 Å². The molecule has 0 spiro atoms. The normalized spacial score (nSPS) is 9.69. The van der Waals surface area contributed by atoms with Gasteiger partial charge >= 0.3 is 13.1 Å². The molecule has 0 bridgehead atoms. The summed E-state index contributed by atoms with van der Waals surface area (Å²) in [6.45, 7) is 0. The third kappa shape index (κ3) is 2.04. The fourth-order valence-corrected chi connectivity index (χ4v) is 0.955. The summed E-state index contributed by atoms with van der Waals surface area (Å²) < 4.78 is 11.6. The molecule has 0 fully saturated rings. The second-order valence-electron chi connectivity index (χ2n) is 2.33. The highest BCUT2D eigenvalue weighted by molar-refractivity contribution is 6.61. The molecule has 0 radical (unpaired) electrons. The van der Waals surface area contributed by atoms with Crippen LogP contribution in [0.1, 0.15) is 10.4 Å². The fraction of sp³-hybridized carbons (Fsp3) is 0. The van der Waals surface area contributed by atoms with E-state index in [-0.39, 0.29) is 11.0 Å². The summed E-state index contributed by atoms with van der Waals surface area (Å²) in [5, 5.41) is 17.5. The van der Waals surface area contributed by atoms with Crippen molar-refractivity contribution in [3.05, 3.63) is 29.8 Å². The molecule has 4 nitrogen and oxygen atoms in total. The average molecular weight is 184 g/mol. The Hall–Kier alpha value is -1.40. The minimum Gasteiger partial charge on any atom is -0.478 e. The molecule has 0 aliphatic carbocycles. The molecular formula is C7H6BFO4. The summed E-state index contributed by atoms with van der Waals surface area (Å²) in [5.74, 6) is -1.24. The van der Waals surface area contributed by atoms with Crippen LogP contribution in [0.25, 0.3) is 0 Å². The monoisotopic (exact) mass is 184 g/mol. The number of carboxylic acid groups (broad SMARTS) is 1. The molecule has 68 valence electrons. The first-order valence-electron chi connectivity index (χ1n) is 3.44. The number of benzene rings is 1. The van der Waals surface area contributed by atoms with E-state index >= 15 is 0 Å². The lowest BCUT2D eigenvalue weighted by molar-refractivity contribution is -0.0268. The van der Waals surface area contributed by atoms with Crippen LogP contribution >= 0.6 is 0 Å². The van der Waals surface area contributed by atoms with Gasteiger partial charge in [-0.1, -0.05) is 22.7 Å². The first kappa shape index (κ1) is 9.69. The molecule has 0 amide bonds. The van der Waals surface area contributed by atoms with E-state index in [0.717, 1.165) is 0 Å². The average Bonchev–Trinajstić information content (AvgIpc) is 2.16. The molecule has 2 N–H and O–H groups in total. The number of rotatable bonds is 3. The van der Waals surface area contributed by atoms with E-state index in [9.17, 15) is 9.32 Å². The Morgan fingerprint density at radius 3 is 2.62 bits per heavy atom. The molecule has 1 aromatic rings. The maximum absolute atomic E-state index is 11.6. The van der Waals surface area contributed by atoms with Gasteiger partial charge in [-0.25, -0.2) is 9.65 Å². The molecule has 13 heavy (non-hydrogen) atoms. The molecule has 0 unspecified atom stereocenters. The number of aromatic carboxylic acids is 1. The number of hydrogen-bond donors (Lipinski definition) is 2. The lowest BCUT2D eigenvalue weighted by atomic mass is 9.77. The van der Waals surface area contributed by atoms with Crippen LogP contribution in [0.3, 0.4) is 0 Å². The maximum atomic E-state index is 11.6. The SMILES string of the molecule is O=C(O)c1ccccc1B(O)OF. The Labute approximate surface area is 73.6 Å². The summed E-state index contributed by atoms with van der Waals surface area (Å²) in [5.41, 5.74) is -0.301. The lowest BCUT2D eigenvalue weighted by Crippen LogP contribution is -2.35. The van der Waals surface area contributed by atoms with E-state index in [1.165, 1.54) is 24.3 Å². The number of carbonyl (C=O) groups is 1. The Kier molecular flexibility index (Phi) is 3.00. The third-order valence-electron chi connectivity index (χ3n) is 1.54. The predicted octanol–water partition coefficient (Wildman–Crippen LogP) is -0.0266. The van der Waals surface area contributed by atoms with E-state index < -0.39 is 13.1 Å². The Morgan fingerprint density at radius 1 is 1.46 bits per heavy atom. The number of hydrogen-bond acceptors (Lipinski definition) is 3. The van der Waals surface area contributed by atoms with Crippen molar-refractivity contribution in [1.82, 2.24) is 0 Å². The van der Waals surface area contributed by atoms with Gasteiger partial charge in [-0.3, -0.25) is 0 Å². The third-order valence-corrected chi connectivity index (χ3v) is 1.54. The minimum absolute atomic E-state index is 0.113. The van der Waals surface area contributed by atoms with Gasteiger partial charge in [0.25, 0.3) is 0 Å². The van der Waals surface area contributed by atoms with Crippen LogP contribution in [-0.2, 0) is 4.86 Å². The topological polar surface area (TPSA) is 66.8 Å². The zero-order chi connectivity index (χ0) is 9.84. The summed E-state index contributed by atoms with van der Waals surface area (Å²) >= 11 is 0. The van der Waals surface area contributed by atoms with E-state index in [4.69, 9.17) is 10.1 Å². The van der Waals surface area contributed by atoms with Crippen molar-refractivity contribution in [2.45, 2.75) is 0 Å². The minimum atomic E-state index is -1.85. The van der Waals surface area contributed by atoms with Crippen molar-refractivity contribution in [3.8, 4) is 0 Å². The van der Waals surface area contributed by atoms with Gasteiger partial charge in [-0.05, 0) is 11.5 Å². The highest BCUT2D eigenvalue weighted by Gasteiger charge is 2.23. The summed E-state index contributed by atoms with van der Waals surface area (Å²) in [6.07, 6.45) is 0. The van der Waals surface area contributed by atoms with E-state index in [1.54, 1.807) is 0 Å². The zero-order valence-electron chi connectivity index (χ0n) is 6.48. The van der Waals surface area contributed by atoms with Gasteiger partial charge in [-0.2, -0.15) is 0 Å². The summed E-state index contributed by atoms with van der Waals surface area (Å²) in [6, 6.07) is 5.47. The Balaban J connectivity index is 3.11. The molecule has 0 heterocycles. The van der Waals surface area contributed by atoms with E-state index in [2.05, 4.69) is 4.86 Å². The van der Waals surface area contributed by atoms with Crippen LogP contribution in [0.4, 0.5) is 4.53 Å². The van der Waals surface area contributed by atoms with Gasteiger partial charge in [0.2, 0.25) is 0 Å². The first-order chi connectivity index (χ1) is 6.16. The van der Waals surface area contributed by atoms with Crippen LogP contribution in [0.2, 0.25) is 0 Å². The van der Waals surface area contributed by atoms with Crippen LogP contribution < -0.4 is 5.46 Å². The Bertz CT molecular complexity index is 317. The second kappa shape index (κ2) is 4.02. The van der Waals surface area contributed by atoms with Crippen molar-refractivity contribution in [2.24, 2.45) is 0 Å². The molecule has 0 saturated carbocycles. The summed E-state index contributed by atoms with van der Waals surface area (Å²) in [7, 11) is -1.85. The fourth-order valence-electron chi connectivity index (χ4n) is 0.955. The Morgan fingerprint density at radius 2 is 2.08 bits per heavy atom. The van der Waals surface area contributed by atoms with Crippen molar-refractivity contribution in [3.63, 3.8) is 0 Å². The van der Waals surface area contributed by atoms with Gasteiger partial charge in [0.05, 0.1) is 5.56 Å². The van der Waals surface area contributed by atoms with Crippen LogP contribution in [-0.4, -0.2) is 23.2 Å². The number of halogens is 1. The van der Waals surface area contributed by atoms with Crippen molar-refractivity contribution in [1.29, 1.82) is 0 Å². The van der Waals surface area contributed by atoms with Gasteiger partial charge in [0.15, 0.2) is 0 Å². The van der Waals surface area contributed by atoms with Gasteiger partial charge in [0, 0.05) is 0 Å². The van der Waals surface area contributed by atoms with Crippen molar-refractivity contribution < 1.29 is 24.3 Å². The van der Waals surface area contributed by atoms with Gasteiger partial charge in [0.1, 0.15) is 0 Å². The molecular weight excluding hydrogens is 178 g/mol. The highest BCUT2D eigenvalue weighted by atomic mass is 19.3. The smallest absolute Gasteiger partial charge is 0.478 e. The zero-order valence-corrected chi connectivity index (χ0v) is 6.48. The molecule has 0 aliphatic heterocycles. The van der Waals surface area contributed by atoms with Crippen LogP contribution in [0.15, 0.2) is 24.3 Å². The van der Waals surface area contributed by atoms with Gasteiger partial charge < -0.3 is 10.1 Å². The van der Waals surface area contributed by atoms with Gasteiger partial charge in [-0.15, -0.1) is 0 Å². The highest BCUT2D eigenvalue weighted by Crippen LogP contribution is 1.98. The largest absolute Gasteiger partial charge is 0.530 e. The molecule has 6 heteroatoms. The molecule has 1 aromatic carbocycles. The quantitative estimate of drug-likeness (QED) is 0.647. The molecule has 0 atom stereocenters. The van der Waals surface area contributed by atoms with Crippen LogP contribution in [0, 0.1) is 0 Å². The molecule has 0 aromatic heterocycles. The predicted molar refractivity (Wildman–Crippen MR) is 43.2 cm³/mol. The van der Waals surface area contributed by atoms with Crippen LogP contribution in [0.5, 0.6) is 0 Å². The van der Waals surface area contributed by atoms with E-state index in [0.29, 0.717) is 0 Å². The van der Waals surface area contributed by atoms with Crippen molar-refractivity contribution in [2.75, 3.05) is 0 Å². The molecule has 0 aliphatic rings. The lowest BCUT2D eigenvalue weighted by Gasteiger charge is -2.03. The first-order valence-corrected chi connectivity index (χ1v) is 3.44. The van der Waals surface area contributed by atoms with Crippen molar-refractivity contribution >= 4 is 18.6 Å². The second-order valence-corrected chi connectivity index (χ2v) is 2.33. The summed E-state index contributed by atoms with van der Waals surface area (Å²) in [4.78, 5) is 13.7. The molecule has 1 rings (SSSR count). The number of carboxylic acids is 1. The molecule has 0 saturated heterocycles.